The molecule has 0 bridgehead atoms. The summed E-state index contributed by atoms with van der Waals surface area (Å²) in [4.78, 5) is 0. The van der Waals surface area contributed by atoms with E-state index in [0.717, 1.165) is 5.75 Å². The van der Waals surface area contributed by atoms with Gasteiger partial charge in [0, 0.05) is 13.0 Å². The van der Waals surface area contributed by atoms with E-state index < -0.39 is 0 Å². The van der Waals surface area contributed by atoms with Crippen molar-refractivity contribution in [3.63, 3.8) is 0 Å². The van der Waals surface area contributed by atoms with E-state index in [-0.39, 0.29) is 6.61 Å². The molecule has 0 atom stereocenters. The van der Waals surface area contributed by atoms with Crippen molar-refractivity contribution in [2.24, 2.45) is 0 Å². The second kappa shape index (κ2) is 4.87. The van der Waals surface area contributed by atoms with Crippen LogP contribution in [0.2, 0.25) is 0 Å². The third kappa shape index (κ3) is 3.07. The van der Waals surface area contributed by atoms with Crippen LogP contribution in [0.1, 0.15) is 17.5 Å². The monoisotopic (exact) mass is 180 g/mol. The second-order valence-corrected chi connectivity index (χ2v) is 3.17. The fourth-order valence-corrected chi connectivity index (χ4v) is 1.06. The maximum atomic E-state index is 8.56. The van der Waals surface area contributed by atoms with Crippen LogP contribution in [0.3, 0.4) is 0 Å². The number of ether oxygens (including phenoxy) is 1. The Kier molecular flexibility index (Phi) is 3.77. The minimum absolute atomic E-state index is 0.185. The lowest BCUT2D eigenvalue weighted by Crippen LogP contribution is -1.99. The second-order valence-electron chi connectivity index (χ2n) is 3.17. The predicted molar refractivity (Wildman–Crippen MR) is 53.1 cm³/mol. The zero-order chi connectivity index (χ0) is 9.68. The fraction of sp³-hybridized carbons (Fsp3) is 0.455. The van der Waals surface area contributed by atoms with E-state index in [2.05, 4.69) is 13.8 Å². The van der Waals surface area contributed by atoms with Gasteiger partial charge >= 0.3 is 0 Å². The van der Waals surface area contributed by atoms with Crippen LogP contribution in [0.15, 0.2) is 18.2 Å². The molecule has 72 valence electrons. The Morgan fingerprint density at radius 2 is 2.00 bits per heavy atom. The van der Waals surface area contributed by atoms with E-state index in [1.165, 1.54) is 11.1 Å². The van der Waals surface area contributed by atoms with E-state index in [4.69, 9.17) is 9.84 Å². The summed E-state index contributed by atoms with van der Waals surface area (Å²) in [6.45, 7) is 4.91. The molecule has 0 aliphatic rings. The van der Waals surface area contributed by atoms with Crippen molar-refractivity contribution in [2.75, 3.05) is 13.2 Å². The summed E-state index contributed by atoms with van der Waals surface area (Å²) < 4.78 is 5.42. The van der Waals surface area contributed by atoms with Crippen molar-refractivity contribution in [3.8, 4) is 5.75 Å². The van der Waals surface area contributed by atoms with Crippen LogP contribution in [0.4, 0.5) is 0 Å². The van der Waals surface area contributed by atoms with E-state index in [1.807, 2.05) is 18.2 Å². The van der Waals surface area contributed by atoms with Crippen LogP contribution in [-0.4, -0.2) is 18.3 Å². The van der Waals surface area contributed by atoms with E-state index in [1.54, 1.807) is 0 Å². The van der Waals surface area contributed by atoms with Gasteiger partial charge in [-0.1, -0.05) is 6.07 Å². The number of aliphatic hydroxyl groups is 1. The Morgan fingerprint density at radius 1 is 1.23 bits per heavy atom. The van der Waals surface area contributed by atoms with Gasteiger partial charge in [0.1, 0.15) is 5.75 Å². The zero-order valence-corrected chi connectivity index (χ0v) is 8.21. The molecule has 0 saturated carbocycles. The van der Waals surface area contributed by atoms with Gasteiger partial charge < -0.3 is 9.84 Å². The highest BCUT2D eigenvalue weighted by atomic mass is 16.5. The van der Waals surface area contributed by atoms with Crippen LogP contribution < -0.4 is 4.74 Å². The Morgan fingerprint density at radius 3 is 2.62 bits per heavy atom. The molecule has 0 spiro atoms. The summed E-state index contributed by atoms with van der Waals surface area (Å²) in [6.07, 6.45) is 0.687. The number of hydrogen-bond donors (Lipinski definition) is 1. The Hall–Kier alpha value is -1.02. The lowest BCUT2D eigenvalue weighted by Gasteiger charge is -2.07. The number of benzene rings is 1. The normalized spacial score (nSPS) is 10.1. The Labute approximate surface area is 79.2 Å². The fourth-order valence-electron chi connectivity index (χ4n) is 1.06. The molecule has 0 unspecified atom stereocenters. The molecular formula is C11H16O2. The average molecular weight is 180 g/mol. The van der Waals surface area contributed by atoms with Gasteiger partial charge in [-0.25, -0.2) is 0 Å². The predicted octanol–water partition coefficient (Wildman–Crippen LogP) is 2.06. The average Bonchev–Trinajstić information content (AvgIpc) is 2.12. The molecule has 0 aliphatic heterocycles. The molecule has 2 nitrogen and oxygen atoms in total. The van der Waals surface area contributed by atoms with Gasteiger partial charge in [0.15, 0.2) is 0 Å². The summed E-state index contributed by atoms with van der Waals surface area (Å²) in [5.74, 6) is 0.886. The smallest absolute Gasteiger partial charge is 0.119 e. The van der Waals surface area contributed by atoms with Gasteiger partial charge in [-0.3, -0.25) is 0 Å². The van der Waals surface area contributed by atoms with Crippen LogP contribution in [0, 0.1) is 13.8 Å². The molecule has 0 fully saturated rings. The Bertz CT molecular complexity index is 269. The standard InChI is InChI=1S/C11H16O2/c1-9-4-5-11(8-10(9)2)13-7-3-6-12/h4-5,8,12H,3,6-7H2,1-2H3. The van der Waals surface area contributed by atoms with E-state index in [9.17, 15) is 0 Å². The highest BCUT2D eigenvalue weighted by Gasteiger charge is 1.96. The van der Waals surface area contributed by atoms with Crippen molar-refractivity contribution in [1.82, 2.24) is 0 Å². The van der Waals surface area contributed by atoms with Crippen LogP contribution >= 0.6 is 0 Å². The van der Waals surface area contributed by atoms with Crippen molar-refractivity contribution in [1.29, 1.82) is 0 Å². The highest BCUT2D eigenvalue weighted by molar-refractivity contribution is 5.33. The first-order valence-corrected chi connectivity index (χ1v) is 4.55. The number of rotatable bonds is 4. The molecule has 2 heteroatoms. The first-order valence-electron chi connectivity index (χ1n) is 4.55. The van der Waals surface area contributed by atoms with Gasteiger partial charge in [0.25, 0.3) is 0 Å². The van der Waals surface area contributed by atoms with Crippen LogP contribution in [0.5, 0.6) is 5.75 Å². The van der Waals surface area contributed by atoms with Gasteiger partial charge in [0.2, 0.25) is 0 Å². The summed E-state index contributed by atoms with van der Waals surface area (Å²) >= 11 is 0. The third-order valence-electron chi connectivity index (χ3n) is 2.05. The summed E-state index contributed by atoms with van der Waals surface area (Å²) in [5.41, 5.74) is 2.51. The SMILES string of the molecule is Cc1ccc(OCCCO)cc1C. The molecule has 1 rings (SSSR count). The molecule has 0 amide bonds. The molecule has 1 N–H and O–H groups in total. The number of hydrogen-bond acceptors (Lipinski definition) is 2. The van der Waals surface area contributed by atoms with Crippen molar-refractivity contribution in [3.05, 3.63) is 29.3 Å². The van der Waals surface area contributed by atoms with Crippen molar-refractivity contribution >= 4 is 0 Å². The van der Waals surface area contributed by atoms with Gasteiger partial charge in [0.05, 0.1) is 6.61 Å². The van der Waals surface area contributed by atoms with Gasteiger partial charge in [-0.2, -0.15) is 0 Å². The topological polar surface area (TPSA) is 29.5 Å². The van der Waals surface area contributed by atoms with Crippen molar-refractivity contribution < 1.29 is 9.84 Å². The minimum Gasteiger partial charge on any atom is -0.493 e. The molecular weight excluding hydrogens is 164 g/mol. The molecule has 1 aromatic rings. The molecule has 0 aliphatic carbocycles. The first-order chi connectivity index (χ1) is 6.24. The minimum atomic E-state index is 0.185. The van der Waals surface area contributed by atoms with E-state index in [0.29, 0.717) is 13.0 Å². The number of aryl methyl sites for hydroxylation is 2. The Balaban J connectivity index is 2.53. The number of aliphatic hydroxyl groups excluding tert-OH is 1. The maximum Gasteiger partial charge on any atom is 0.119 e. The molecule has 0 aromatic heterocycles. The quantitative estimate of drug-likeness (QED) is 0.719. The summed E-state index contributed by atoms with van der Waals surface area (Å²) in [7, 11) is 0. The molecule has 0 heterocycles. The highest BCUT2D eigenvalue weighted by Crippen LogP contribution is 2.16. The molecule has 0 saturated heterocycles. The first kappa shape index (κ1) is 10.1. The zero-order valence-electron chi connectivity index (χ0n) is 8.21. The molecule has 1 aromatic carbocycles. The lowest BCUT2D eigenvalue weighted by molar-refractivity contribution is 0.233. The van der Waals surface area contributed by atoms with Crippen LogP contribution in [0.25, 0.3) is 0 Å². The van der Waals surface area contributed by atoms with Crippen LogP contribution in [-0.2, 0) is 0 Å². The van der Waals surface area contributed by atoms with Crippen molar-refractivity contribution in [2.45, 2.75) is 20.3 Å². The maximum absolute atomic E-state index is 8.56. The lowest BCUT2D eigenvalue weighted by atomic mass is 10.1. The van der Waals surface area contributed by atoms with Gasteiger partial charge in [-0.05, 0) is 37.1 Å². The summed E-state index contributed by atoms with van der Waals surface area (Å²) in [5, 5.41) is 8.56. The van der Waals surface area contributed by atoms with E-state index >= 15 is 0 Å². The molecule has 0 radical (unpaired) electrons. The van der Waals surface area contributed by atoms with Gasteiger partial charge in [-0.15, -0.1) is 0 Å². The third-order valence-corrected chi connectivity index (χ3v) is 2.05. The summed E-state index contributed by atoms with van der Waals surface area (Å²) in [6, 6.07) is 6.02. The molecule has 13 heavy (non-hydrogen) atoms. The largest absolute Gasteiger partial charge is 0.493 e.